The molecule has 3 rings (SSSR count). The molecule has 10 nitrogen and oxygen atoms in total. The fourth-order valence-electron chi connectivity index (χ4n) is 3.67. The zero-order chi connectivity index (χ0) is 27.0. The predicted octanol–water partition coefficient (Wildman–Crippen LogP) is 0.763. The van der Waals surface area contributed by atoms with Gasteiger partial charge in [0.15, 0.2) is 5.57 Å². The monoisotopic (exact) mass is 529 g/mol. The smallest absolute Gasteiger partial charge is 0.270 e. The lowest BCUT2D eigenvalue weighted by Crippen LogP contribution is -2.42. The van der Waals surface area contributed by atoms with Crippen LogP contribution in [0.5, 0.6) is 0 Å². The van der Waals surface area contributed by atoms with Crippen molar-refractivity contribution < 1.29 is 18.4 Å². The summed E-state index contributed by atoms with van der Waals surface area (Å²) >= 11 is 0.959. The summed E-state index contributed by atoms with van der Waals surface area (Å²) in [5.41, 5.74) is 0.385. The molecule has 0 saturated carbocycles. The van der Waals surface area contributed by atoms with Gasteiger partial charge in [0.1, 0.15) is 21.8 Å². The quantitative estimate of drug-likeness (QED) is 0.429. The number of alkyl halides is 2. The Morgan fingerprint density at radius 1 is 1.22 bits per heavy atom. The third kappa shape index (κ3) is 7.22. The molecule has 194 valence electrons. The maximum Gasteiger partial charge on any atom is 0.270 e. The van der Waals surface area contributed by atoms with Gasteiger partial charge in [-0.2, -0.15) is 10.5 Å². The fraction of sp³-hybridized carbons (Fsp3) is 0.375. The van der Waals surface area contributed by atoms with Gasteiger partial charge in [-0.15, -0.1) is 11.3 Å². The number of piperidine rings is 1. The highest BCUT2D eigenvalue weighted by Crippen LogP contribution is 2.27. The minimum atomic E-state index is -2.68. The van der Waals surface area contributed by atoms with Crippen molar-refractivity contribution in [3.05, 3.63) is 43.8 Å². The number of carbonyl (C=O) groups excluding carboxylic acids is 2. The van der Waals surface area contributed by atoms with Crippen LogP contribution in [0, 0.1) is 22.7 Å². The topological polar surface area (TPSA) is 143 Å². The number of rotatable bonds is 8. The lowest BCUT2D eigenvalue weighted by atomic mass is 10.1. The highest BCUT2D eigenvalue weighted by atomic mass is 32.1. The summed E-state index contributed by atoms with van der Waals surface area (Å²) in [6.45, 7) is 1.98. The van der Waals surface area contributed by atoms with Crippen LogP contribution in [-0.4, -0.2) is 53.4 Å². The zero-order valence-corrected chi connectivity index (χ0v) is 20.8. The van der Waals surface area contributed by atoms with Crippen molar-refractivity contribution in [1.82, 2.24) is 14.8 Å². The first-order valence-corrected chi connectivity index (χ1v) is 12.2. The van der Waals surface area contributed by atoms with Crippen LogP contribution in [0.4, 0.5) is 20.2 Å². The van der Waals surface area contributed by atoms with Crippen LogP contribution < -0.4 is 30.7 Å². The minimum Gasteiger partial charge on any atom is -0.360 e. The normalized spacial score (nSPS) is 16.3. The lowest BCUT2D eigenvalue weighted by molar-refractivity contribution is -0.119. The van der Waals surface area contributed by atoms with Gasteiger partial charge in [0, 0.05) is 50.1 Å². The van der Waals surface area contributed by atoms with Crippen molar-refractivity contribution in [2.45, 2.75) is 32.2 Å². The largest absolute Gasteiger partial charge is 0.360 e. The average Bonchev–Trinajstić information content (AvgIpc) is 3.18. The van der Waals surface area contributed by atoms with E-state index in [0.717, 1.165) is 11.3 Å². The number of thiazole rings is 1. The number of benzene rings is 1. The SMILES string of the molecule is CCn1c(=O)/c(=C\Nc2cccc(NC(=O)CN3CCC(F)(F)CC3)c2)s/c1=C(/C#N)C(=O)NCC#N. The molecule has 0 atom stereocenters. The van der Waals surface area contributed by atoms with E-state index in [-0.39, 0.29) is 66.2 Å². The van der Waals surface area contributed by atoms with E-state index in [4.69, 9.17) is 5.26 Å². The Balaban J connectivity index is 1.76. The van der Waals surface area contributed by atoms with Crippen molar-refractivity contribution in [3.63, 3.8) is 0 Å². The van der Waals surface area contributed by atoms with E-state index < -0.39 is 17.4 Å². The molecule has 0 aliphatic carbocycles. The number of hydrogen-bond acceptors (Lipinski definition) is 8. The van der Waals surface area contributed by atoms with Crippen molar-refractivity contribution in [3.8, 4) is 12.1 Å². The van der Waals surface area contributed by atoms with Crippen molar-refractivity contribution >= 4 is 46.3 Å². The molecule has 1 aromatic heterocycles. The number of hydrogen-bond donors (Lipinski definition) is 3. The van der Waals surface area contributed by atoms with Crippen molar-refractivity contribution in [2.75, 3.05) is 36.8 Å². The van der Waals surface area contributed by atoms with Gasteiger partial charge in [-0.25, -0.2) is 8.78 Å². The van der Waals surface area contributed by atoms with Crippen molar-refractivity contribution in [2.24, 2.45) is 0 Å². The van der Waals surface area contributed by atoms with Gasteiger partial charge in [-0.05, 0) is 25.1 Å². The number of anilines is 2. The second-order valence-electron chi connectivity index (χ2n) is 8.20. The van der Waals surface area contributed by atoms with E-state index >= 15 is 0 Å². The van der Waals surface area contributed by atoms with Gasteiger partial charge in [-0.3, -0.25) is 23.9 Å². The molecule has 2 aromatic rings. The molecule has 1 fully saturated rings. The molecule has 1 saturated heterocycles. The highest BCUT2D eigenvalue weighted by molar-refractivity contribution is 7.07. The Hall–Kier alpha value is -4.07. The molecule has 0 bridgehead atoms. The molecule has 0 spiro atoms. The van der Waals surface area contributed by atoms with Crippen LogP contribution >= 0.6 is 11.3 Å². The number of aromatic nitrogens is 1. The molecule has 1 aromatic carbocycles. The predicted molar refractivity (Wildman–Crippen MR) is 135 cm³/mol. The Morgan fingerprint density at radius 2 is 1.92 bits per heavy atom. The number of halogens is 2. The van der Waals surface area contributed by atoms with Crippen LogP contribution in [0.15, 0.2) is 29.1 Å². The molecular formula is C24H25F2N7O3S. The van der Waals surface area contributed by atoms with Crippen LogP contribution in [0.25, 0.3) is 11.8 Å². The molecule has 2 amide bonds. The number of likely N-dealkylation sites (tertiary alicyclic amines) is 1. The van der Waals surface area contributed by atoms with E-state index in [1.807, 2.05) is 0 Å². The summed E-state index contributed by atoms with van der Waals surface area (Å²) in [6.07, 6.45) is 0.912. The van der Waals surface area contributed by atoms with Crippen LogP contribution in [-0.2, 0) is 16.1 Å². The second-order valence-corrected chi connectivity index (χ2v) is 9.23. The Labute approximate surface area is 215 Å². The average molecular weight is 530 g/mol. The standard InChI is InChI=1S/C24H25F2N7O3S/c1-2-33-22(36)19(37-23(33)18(13-28)21(35)29-9-8-27)14-30-16-4-3-5-17(12-16)31-20(34)15-32-10-6-24(25,26)7-11-32/h3-5,12,14,30H,2,6-7,9-11,15H2,1H3,(H,29,35)(H,31,34)/b19-14+,23-18-. The minimum absolute atomic E-state index is 0.00800. The summed E-state index contributed by atoms with van der Waals surface area (Å²) in [6, 6.07) is 10.3. The molecule has 1 aliphatic rings. The summed E-state index contributed by atoms with van der Waals surface area (Å²) in [5.74, 6) is -3.74. The van der Waals surface area contributed by atoms with E-state index in [2.05, 4.69) is 16.0 Å². The van der Waals surface area contributed by atoms with Gasteiger partial charge in [0.25, 0.3) is 17.4 Å². The molecule has 37 heavy (non-hydrogen) atoms. The van der Waals surface area contributed by atoms with Crippen LogP contribution in [0.2, 0.25) is 0 Å². The molecule has 0 radical (unpaired) electrons. The van der Waals surface area contributed by atoms with Crippen LogP contribution in [0.3, 0.4) is 0 Å². The first-order valence-electron chi connectivity index (χ1n) is 11.4. The maximum absolute atomic E-state index is 13.3. The number of amides is 2. The third-order valence-electron chi connectivity index (χ3n) is 5.58. The van der Waals surface area contributed by atoms with Gasteiger partial charge in [0.2, 0.25) is 5.91 Å². The van der Waals surface area contributed by atoms with Gasteiger partial charge in [-0.1, -0.05) is 6.07 Å². The van der Waals surface area contributed by atoms with E-state index in [0.29, 0.717) is 11.4 Å². The zero-order valence-electron chi connectivity index (χ0n) is 20.0. The summed E-state index contributed by atoms with van der Waals surface area (Å²) in [5, 5.41) is 26.2. The van der Waals surface area contributed by atoms with E-state index in [1.165, 1.54) is 10.8 Å². The van der Waals surface area contributed by atoms with Gasteiger partial charge in [0.05, 0.1) is 12.6 Å². The number of nitrogens with one attached hydrogen (secondary N) is 3. The number of carbonyl (C=O) groups is 2. The molecular weight excluding hydrogens is 504 g/mol. The summed E-state index contributed by atoms with van der Waals surface area (Å²) in [7, 11) is 0. The number of nitrogens with zero attached hydrogens (tertiary/aromatic N) is 4. The fourth-order valence-corrected chi connectivity index (χ4v) is 4.76. The lowest BCUT2D eigenvalue weighted by Gasteiger charge is -2.31. The third-order valence-corrected chi connectivity index (χ3v) is 6.71. The molecule has 13 heteroatoms. The second kappa shape index (κ2) is 12.3. The van der Waals surface area contributed by atoms with E-state index in [1.54, 1.807) is 48.2 Å². The number of nitriles is 2. The first-order chi connectivity index (χ1) is 17.7. The Kier molecular flexibility index (Phi) is 9.11. The Morgan fingerprint density at radius 3 is 2.57 bits per heavy atom. The maximum atomic E-state index is 13.3. The summed E-state index contributed by atoms with van der Waals surface area (Å²) < 4.78 is 28.3. The van der Waals surface area contributed by atoms with Crippen molar-refractivity contribution in [1.29, 1.82) is 10.5 Å². The molecule has 1 aliphatic heterocycles. The van der Waals surface area contributed by atoms with E-state index in [9.17, 15) is 28.4 Å². The Bertz CT molecular complexity index is 1430. The van der Waals surface area contributed by atoms with Gasteiger partial charge >= 0.3 is 0 Å². The molecule has 3 N–H and O–H groups in total. The molecule has 0 unspecified atom stereocenters. The molecule has 2 heterocycles. The summed E-state index contributed by atoms with van der Waals surface area (Å²) in [4.78, 5) is 39.1. The van der Waals surface area contributed by atoms with Gasteiger partial charge < -0.3 is 16.0 Å². The first kappa shape index (κ1) is 27.5. The highest BCUT2D eigenvalue weighted by Gasteiger charge is 2.34. The van der Waals surface area contributed by atoms with Crippen LogP contribution in [0.1, 0.15) is 19.8 Å².